The summed E-state index contributed by atoms with van der Waals surface area (Å²) in [6.45, 7) is 5.24. The molecule has 0 bridgehead atoms. The highest BCUT2D eigenvalue weighted by Crippen LogP contribution is 2.50. The first-order valence-corrected chi connectivity index (χ1v) is 10.7. The summed E-state index contributed by atoms with van der Waals surface area (Å²) in [6.07, 6.45) is 4.37. The van der Waals surface area contributed by atoms with E-state index in [2.05, 4.69) is 60.7 Å². The second-order valence-electron chi connectivity index (χ2n) is 8.71. The number of carbonyl (C=O) groups is 1. The molecule has 1 saturated heterocycles. The predicted molar refractivity (Wildman–Crippen MR) is 120 cm³/mol. The number of nitrogens with zero attached hydrogens (tertiary/aromatic N) is 2. The Labute approximate surface area is 177 Å². The fraction of sp³-hybridized carbons (Fsp3) is 0.346. The van der Waals surface area contributed by atoms with Crippen LogP contribution >= 0.6 is 0 Å². The van der Waals surface area contributed by atoms with E-state index < -0.39 is 0 Å². The highest BCUT2D eigenvalue weighted by atomic mass is 16.5. The van der Waals surface area contributed by atoms with Crippen LogP contribution in [0.4, 0.5) is 0 Å². The van der Waals surface area contributed by atoms with E-state index in [0.29, 0.717) is 5.92 Å². The summed E-state index contributed by atoms with van der Waals surface area (Å²) in [5.41, 5.74) is 5.50. The van der Waals surface area contributed by atoms with Crippen LogP contribution in [0.1, 0.15) is 23.2 Å². The number of para-hydroxylation sites is 1. The van der Waals surface area contributed by atoms with Crippen molar-refractivity contribution in [2.75, 3.05) is 20.2 Å². The van der Waals surface area contributed by atoms with Gasteiger partial charge in [0.1, 0.15) is 5.75 Å². The number of carbonyl (C=O) groups excluding carboxylic acids is 1. The molecule has 2 atom stereocenters. The van der Waals surface area contributed by atoms with Crippen LogP contribution in [0.3, 0.4) is 0 Å². The summed E-state index contributed by atoms with van der Waals surface area (Å²) in [6, 6.07) is 17.2. The van der Waals surface area contributed by atoms with Gasteiger partial charge in [-0.15, -0.1) is 0 Å². The van der Waals surface area contributed by atoms with Gasteiger partial charge >= 0.3 is 0 Å². The molecule has 1 fully saturated rings. The lowest BCUT2D eigenvalue weighted by molar-refractivity contribution is -0.129. The van der Waals surface area contributed by atoms with Gasteiger partial charge in [0, 0.05) is 42.1 Å². The maximum absolute atomic E-state index is 12.4. The monoisotopic (exact) mass is 400 g/mol. The van der Waals surface area contributed by atoms with Crippen molar-refractivity contribution in [3.8, 4) is 5.75 Å². The number of aryl methyl sites for hydroxylation is 1. The molecule has 1 aliphatic heterocycles. The van der Waals surface area contributed by atoms with Crippen molar-refractivity contribution in [1.82, 2.24) is 9.47 Å². The Hall–Kier alpha value is -3.01. The van der Waals surface area contributed by atoms with Gasteiger partial charge in [0.2, 0.25) is 5.91 Å². The van der Waals surface area contributed by atoms with Crippen LogP contribution in [0.5, 0.6) is 5.75 Å². The van der Waals surface area contributed by atoms with E-state index in [0.717, 1.165) is 38.1 Å². The minimum absolute atomic E-state index is 0.00161. The summed E-state index contributed by atoms with van der Waals surface area (Å²) in [7, 11) is 3.92. The van der Waals surface area contributed by atoms with Gasteiger partial charge in [0.25, 0.3) is 0 Å². The van der Waals surface area contributed by atoms with Gasteiger partial charge in [0.15, 0.2) is 0 Å². The minimum atomic E-state index is 0.00161. The second-order valence-corrected chi connectivity index (χ2v) is 8.71. The molecule has 1 amide bonds. The minimum Gasteiger partial charge on any atom is -0.497 e. The third kappa shape index (κ3) is 2.70. The molecule has 5 rings (SSSR count). The van der Waals surface area contributed by atoms with Gasteiger partial charge in [-0.05, 0) is 60.6 Å². The number of aromatic nitrogens is 1. The SMILES string of the molecule is C=CC(=O)N1CCC2(c3cccc(OC)c3)Cc3c(c4ccccc4n3C)CC2C1. The molecule has 0 saturated carbocycles. The van der Waals surface area contributed by atoms with E-state index >= 15 is 0 Å². The Kier molecular flexibility index (Phi) is 4.46. The van der Waals surface area contributed by atoms with Crippen LogP contribution < -0.4 is 4.74 Å². The molecule has 154 valence electrons. The van der Waals surface area contributed by atoms with Crippen molar-refractivity contribution in [1.29, 1.82) is 0 Å². The number of methoxy groups -OCH3 is 1. The Morgan fingerprint density at radius 1 is 1.23 bits per heavy atom. The second kappa shape index (κ2) is 7.05. The molecule has 3 aromatic rings. The number of benzene rings is 2. The summed E-state index contributed by atoms with van der Waals surface area (Å²) < 4.78 is 7.94. The van der Waals surface area contributed by atoms with Crippen LogP contribution in [-0.4, -0.2) is 35.6 Å². The average molecular weight is 401 g/mol. The zero-order valence-corrected chi connectivity index (χ0v) is 17.7. The van der Waals surface area contributed by atoms with E-state index in [1.165, 1.54) is 33.8 Å². The molecule has 0 N–H and O–H groups in total. The highest BCUT2D eigenvalue weighted by Gasteiger charge is 2.49. The van der Waals surface area contributed by atoms with Gasteiger partial charge in [-0.3, -0.25) is 4.79 Å². The van der Waals surface area contributed by atoms with Gasteiger partial charge in [-0.25, -0.2) is 0 Å². The molecule has 2 unspecified atom stereocenters. The third-order valence-corrected chi connectivity index (χ3v) is 7.46. The first-order valence-electron chi connectivity index (χ1n) is 10.7. The number of piperidine rings is 1. The van der Waals surface area contributed by atoms with E-state index in [-0.39, 0.29) is 11.3 Å². The number of ether oxygens (including phenoxy) is 1. The topological polar surface area (TPSA) is 34.5 Å². The maximum atomic E-state index is 12.4. The summed E-state index contributed by atoms with van der Waals surface area (Å²) in [5.74, 6) is 1.30. The zero-order chi connectivity index (χ0) is 20.9. The summed E-state index contributed by atoms with van der Waals surface area (Å²) in [5, 5.41) is 1.35. The predicted octanol–water partition coefficient (Wildman–Crippen LogP) is 4.26. The smallest absolute Gasteiger partial charge is 0.245 e. The van der Waals surface area contributed by atoms with Gasteiger partial charge < -0.3 is 14.2 Å². The zero-order valence-electron chi connectivity index (χ0n) is 17.7. The normalized spacial score (nSPS) is 23.0. The number of hydrogen-bond acceptors (Lipinski definition) is 2. The molecule has 0 spiro atoms. The molecule has 4 heteroatoms. The third-order valence-electron chi connectivity index (χ3n) is 7.46. The molecule has 0 radical (unpaired) electrons. The van der Waals surface area contributed by atoms with Crippen LogP contribution in [0.25, 0.3) is 10.9 Å². The van der Waals surface area contributed by atoms with Crippen LogP contribution in [0, 0.1) is 5.92 Å². The molecular formula is C26H28N2O2. The molecule has 4 nitrogen and oxygen atoms in total. The average Bonchev–Trinajstić information content (AvgIpc) is 3.07. The molecule has 1 aliphatic carbocycles. The van der Waals surface area contributed by atoms with E-state index in [1.54, 1.807) is 7.11 Å². The van der Waals surface area contributed by atoms with Crippen LogP contribution in [0.15, 0.2) is 61.2 Å². The van der Waals surface area contributed by atoms with E-state index in [1.807, 2.05) is 11.0 Å². The van der Waals surface area contributed by atoms with Crippen molar-refractivity contribution in [3.05, 3.63) is 78.0 Å². The highest BCUT2D eigenvalue weighted by molar-refractivity contribution is 5.88. The number of likely N-dealkylation sites (tertiary alicyclic amines) is 1. The quantitative estimate of drug-likeness (QED) is 0.616. The lowest BCUT2D eigenvalue weighted by Crippen LogP contribution is -2.55. The standard InChI is InChI=1S/C26H28N2O2/c1-4-25(29)28-13-12-26(18-8-7-9-20(14-18)30-3)16-24-22(15-19(26)17-28)21-10-5-6-11-23(21)27(24)2/h4-11,14,19H,1,12-13,15-17H2,2-3H3. The van der Waals surface area contributed by atoms with Crippen molar-refractivity contribution in [3.63, 3.8) is 0 Å². The molecular weight excluding hydrogens is 372 g/mol. The Morgan fingerprint density at radius 2 is 2.07 bits per heavy atom. The number of fused-ring (bicyclic) bond motifs is 4. The number of rotatable bonds is 3. The molecule has 2 aromatic carbocycles. The van der Waals surface area contributed by atoms with Gasteiger partial charge in [-0.2, -0.15) is 0 Å². The molecule has 2 heterocycles. The Balaban J connectivity index is 1.67. The van der Waals surface area contributed by atoms with Gasteiger partial charge in [-0.1, -0.05) is 36.9 Å². The lowest BCUT2D eigenvalue weighted by Gasteiger charge is -2.51. The number of amides is 1. The van der Waals surface area contributed by atoms with E-state index in [4.69, 9.17) is 4.74 Å². The van der Waals surface area contributed by atoms with Crippen molar-refractivity contribution in [2.45, 2.75) is 24.7 Å². The fourth-order valence-corrected chi connectivity index (χ4v) is 5.83. The molecule has 2 aliphatic rings. The molecule has 30 heavy (non-hydrogen) atoms. The van der Waals surface area contributed by atoms with Crippen molar-refractivity contribution < 1.29 is 9.53 Å². The van der Waals surface area contributed by atoms with E-state index in [9.17, 15) is 4.79 Å². The van der Waals surface area contributed by atoms with Crippen LogP contribution in [-0.2, 0) is 30.1 Å². The summed E-state index contributed by atoms with van der Waals surface area (Å²) >= 11 is 0. The Bertz CT molecular complexity index is 1150. The first kappa shape index (κ1) is 19.0. The summed E-state index contributed by atoms with van der Waals surface area (Å²) in [4.78, 5) is 14.4. The van der Waals surface area contributed by atoms with Crippen molar-refractivity contribution in [2.24, 2.45) is 13.0 Å². The largest absolute Gasteiger partial charge is 0.497 e. The van der Waals surface area contributed by atoms with Gasteiger partial charge in [0.05, 0.1) is 7.11 Å². The lowest BCUT2D eigenvalue weighted by atomic mass is 9.58. The Morgan fingerprint density at radius 3 is 2.87 bits per heavy atom. The van der Waals surface area contributed by atoms with Crippen molar-refractivity contribution >= 4 is 16.8 Å². The first-order chi connectivity index (χ1) is 14.6. The fourth-order valence-electron chi connectivity index (χ4n) is 5.83. The van der Waals surface area contributed by atoms with Crippen LogP contribution in [0.2, 0.25) is 0 Å². The maximum Gasteiger partial charge on any atom is 0.245 e. The molecule has 1 aromatic heterocycles. The number of hydrogen-bond donors (Lipinski definition) is 0.